The normalized spacial score (nSPS) is 12.4. The summed E-state index contributed by atoms with van der Waals surface area (Å²) in [7, 11) is 0. The quantitative estimate of drug-likeness (QED) is 0.176. The van der Waals surface area contributed by atoms with E-state index in [0.717, 1.165) is 10.1 Å². The lowest BCUT2D eigenvalue weighted by Gasteiger charge is -2.19. The largest absolute Gasteiger partial charge is 0.465 e. The van der Waals surface area contributed by atoms with Crippen LogP contribution < -0.4 is 16.6 Å². The van der Waals surface area contributed by atoms with Gasteiger partial charge in [-0.2, -0.15) is 13.2 Å². The average Bonchev–Trinajstić information content (AvgIpc) is 3.30. The van der Waals surface area contributed by atoms with E-state index in [1.54, 1.807) is 59.7 Å². The first-order valence-electron chi connectivity index (χ1n) is 15.3. The molecule has 0 unspecified atom stereocenters. The van der Waals surface area contributed by atoms with Gasteiger partial charge in [0.05, 0.1) is 40.5 Å². The van der Waals surface area contributed by atoms with Crippen LogP contribution in [-0.4, -0.2) is 49.1 Å². The molecule has 0 saturated carbocycles. The summed E-state index contributed by atoms with van der Waals surface area (Å²) in [6.45, 7) is 9.35. The number of benzene rings is 2. The highest BCUT2D eigenvalue weighted by molar-refractivity contribution is 5.79. The molecular formula is C33H40F3N5O6. The van der Waals surface area contributed by atoms with Crippen molar-refractivity contribution in [3.63, 3.8) is 0 Å². The molecule has 254 valence electrons. The Kier molecular flexibility index (Phi) is 10.2. The number of para-hydroxylation sites is 1. The number of nitrogens with one attached hydrogen (secondary N) is 1. The summed E-state index contributed by atoms with van der Waals surface area (Å²) in [6.07, 6.45) is -4.30. The zero-order valence-electron chi connectivity index (χ0n) is 27.4. The van der Waals surface area contributed by atoms with Crippen molar-refractivity contribution in [1.82, 2.24) is 24.0 Å². The third-order valence-electron chi connectivity index (χ3n) is 7.12. The van der Waals surface area contributed by atoms with Gasteiger partial charge in [0.15, 0.2) is 0 Å². The van der Waals surface area contributed by atoms with Crippen LogP contribution in [0, 0.1) is 5.41 Å². The highest BCUT2D eigenvalue weighted by Crippen LogP contribution is 2.22. The van der Waals surface area contributed by atoms with Gasteiger partial charge < -0.3 is 19.4 Å². The Balaban J connectivity index is 1.71. The lowest BCUT2D eigenvalue weighted by atomic mass is 9.97. The number of carbonyl (C=O) groups is 2. The SMILES string of the molecule is CC(C)(C)OC(=O)NCc1ccc2c(c1)nc(Cn1c(=O)n(CC(F)(F)F)c(=O)c3ccccc31)n2CCCCOC(=O)C(C)(C)C. The summed E-state index contributed by atoms with van der Waals surface area (Å²) in [4.78, 5) is 55.5. The number of alkyl halides is 3. The molecule has 0 aliphatic rings. The van der Waals surface area contributed by atoms with Gasteiger partial charge in [0.1, 0.15) is 18.0 Å². The molecule has 0 bridgehead atoms. The maximum absolute atomic E-state index is 13.4. The number of carbonyl (C=O) groups excluding carboxylic acids is 2. The number of esters is 1. The lowest BCUT2D eigenvalue weighted by Crippen LogP contribution is -2.43. The fourth-order valence-corrected chi connectivity index (χ4v) is 4.93. The van der Waals surface area contributed by atoms with Crippen LogP contribution in [0.1, 0.15) is 65.8 Å². The monoisotopic (exact) mass is 659 g/mol. The van der Waals surface area contributed by atoms with E-state index in [-0.39, 0.29) is 41.1 Å². The molecule has 1 amide bonds. The predicted octanol–water partition coefficient (Wildman–Crippen LogP) is 5.52. The summed E-state index contributed by atoms with van der Waals surface area (Å²) < 4.78 is 54.1. The van der Waals surface area contributed by atoms with Crippen LogP contribution in [0.3, 0.4) is 0 Å². The van der Waals surface area contributed by atoms with E-state index in [1.807, 2.05) is 10.6 Å². The number of unbranched alkanes of at least 4 members (excludes halogenated alkanes) is 1. The molecule has 47 heavy (non-hydrogen) atoms. The summed E-state index contributed by atoms with van der Waals surface area (Å²) in [5, 5.41) is 2.67. The fraction of sp³-hybridized carbons (Fsp3) is 0.485. The molecule has 4 rings (SSSR count). The van der Waals surface area contributed by atoms with Gasteiger partial charge in [0.2, 0.25) is 0 Å². The molecule has 2 heterocycles. The third kappa shape index (κ3) is 9.01. The van der Waals surface area contributed by atoms with E-state index in [0.29, 0.717) is 36.2 Å². The van der Waals surface area contributed by atoms with E-state index in [1.165, 1.54) is 18.2 Å². The van der Waals surface area contributed by atoms with Gasteiger partial charge >= 0.3 is 23.9 Å². The molecular weight excluding hydrogens is 619 g/mol. The molecule has 1 N–H and O–H groups in total. The first-order chi connectivity index (χ1) is 21.8. The van der Waals surface area contributed by atoms with Crippen LogP contribution in [0.25, 0.3) is 21.9 Å². The standard InChI is InChI=1S/C33H40F3N5O6/c1-31(2,3)28(43)46-16-10-9-15-39-25-14-13-21(18-37-29(44)47-32(4,5)6)17-23(25)38-26(39)19-40-24-12-8-7-11-22(24)27(42)41(30(40)45)20-33(34,35)36/h7-8,11-14,17H,9-10,15-16,18-20H2,1-6H3,(H,37,44). The Morgan fingerprint density at radius 2 is 1.60 bits per heavy atom. The molecule has 11 nitrogen and oxygen atoms in total. The number of amides is 1. The minimum Gasteiger partial charge on any atom is -0.465 e. The summed E-state index contributed by atoms with van der Waals surface area (Å²) in [5.41, 5.74) is -1.33. The number of hydrogen-bond acceptors (Lipinski definition) is 7. The Morgan fingerprint density at radius 3 is 2.26 bits per heavy atom. The zero-order valence-corrected chi connectivity index (χ0v) is 27.4. The first-order valence-corrected chi connectivity index (χ1v) is 15.3. The number of rotatable bonds is 10. The molecule has 0 aliphatic heterocycles. The van der Waals surface area contributed by atoms with E-state index < -0.39 is 41.1 Å². The highest BCUT2D eigenvalue weighted by Gasteiger charge is 2.31. The molecule has 0 saturated heterocycles. The second kappa shape index (κ2) is 13.6. The number of aromatic nitrogens is 4. The average molecular weight is 660 g/mol. The molecule has 14 heteroatoms. The number of hydrogen-bond donors (Lipinski definition) is 1. The predicted molar refractivity (Wildman–Crippen MR) is 170 cm³/mol. The zero-order chi connectivity index (χ0) is 34.7. The van der Waals surface area contributed by atoms with Gasteiger partial charge in [-0.1, -0.05) is 18.2 Å². The van der Waals surface area contributed by atoms with Crippen LogP contribution in [0.2, 0.25) is 0 Å². The van der Waals surface area contributed by atoms with Crippen molar-refractivity contribution in [1.29, 1.82) is 0 Å². The van der Waals surface area contributed by atoms with Crippen molar-refractivity contribution >= 4 is 34.0 Å². The minimum atomic E-state index is -4.80. The Labute approximate surface area is 269 Å². The maximum Gasteiger partial charge on any atom is 0.407 e. The molecule has 2 aromatic carbocycles. The van der Waals surface area contributed by atoms with E-state index in [9.17, 15) is 32.3 Å². The first kappa shape index (κ1) is 35.2. The van der Waals surface area contributed by atoms with Gasteiger partial charge in [0, 0.05) is 13.1 Å². The van der Waals surface area contributed by atoms with E-state index in [4.69, 9.17) is 14.5 Å². The molecule has 0 spiro atoms. The van der Waals surface area contributed by atoms with Crippen LogP contribution in [0.15, 0.2) is 52.1 Å². The van der Waals surface area contributed by atoms with Crippen molar-refractivity contribution in [3.05, 3.63) is 74.7 Å². The minimum absolute atomic E-state index is 0.0322. The number of halogens is 3. The van der Waals surface area contributed by atoms with Crippen molar-refractivity contribution in [2.24, 2.45) is 5.41 Å². The molecule has 0 atom stereocenters. The highest BCUT2D eigenvalue weighted by atomic mass is 19.4. The van der Waals surface area contributed by atoms with Crippen molar-refractivity contribution in [2.45, 2.75) is 92.3 Å². The maximum atomic E-state index is 13.4. The second-order valence-corrected chi connectivity index (χ2v) is 13.3. The smallest absolute Gasteiger partial charge is 0.407 e. The topological polar surface area (TPSA) is 126 Å². The summed E-state index contributed by atoms with van der Waals surface area (Å²) in [6, 6.07) is 11.4. The molecule has 2 aromatic heterocycles. The van der Waals surface area contributed by atoms with Crippen molar-refractivity contribution in [2.75, 3.05) is 6.61 Å². The number of aryl methyl sites for hydroxylation is 1. The van der Waals surface area contributed by atoms with Crippen molar-refractivity contribution in [3.8, 4) is 0 Å². The van der Waals surface area contributed by atoms with Crippen LogP contribution >= 0.6 is 0 Å². The number of alkyl carbamates (subject to hydrolysis) is 1. The molecule has 0 aliphatic carbocycles. The summed E-state index contributed by atoms with van der Waals surface area (Å²) in [5.74, 6) is 0.0485. The van der Waals surface area contributed by atoms with E-state index >= 15 is 0 Å². The Morgan fingerprint density at radius 1 is 0.894 bits per heavy atom. The third-order valence-corrected chi connectivity index (χ3v) is 7.12. The van der Waals surface area contributed by atoms with Crippen LogP contribution in [0.5, 0.6) is 0 Å². The van der Waals surface area contributed by atoms with Gasteiger partial charge in [-0.05, 0) is 84.2 Å². The van der Waals surface area contributed by atoms with Crippen LogP contribution in [0.4, 0.5) is 18.0 Å². The van der Waals surface area contributed by atoms with E-state index in [2.05, 4.69) is 5.32 Å². The molecule has 0 fully saturated rings. The van der Waals surface area contributed by atoms with Gasteiger partial charge in [-0.25, -0.2) is 14.6 Å². The lowest BCUT2D eigenvalue weighted by molar-refractivity contribution is -0.153. The van der Waals surface area contributed by atoms with Gasteiger partial charge in [-0.15, -0.1) is 0 Å². The van der Waals surface area contributed by atoms with Gasteiger partial charge in [0.25, 0.3) is 5.56 Å². The number of ether oxygens (including phenoxy) is 2. The fourth-order valence-electron chi connectivity index (χ4n) is 4.93. The number of imidazole rings is 1. The van der Waals surface area contributed by atoms with Crippen molar-refractivity contribution < 1.29 is 32.2 Å². The van der Waals surface area contributed by atoms with Gasteiger partial charge in [-0.3, -0.25) is 18.7 Å². The summed E-state index contributed by atoms with van der Waals surface area (Å²) >= 11 is 0. The Hall–Kier alpha value is -4.62. The molecule has 4 aromatic rings. The number of fused-ring (bicyclic) bond motifs is 2. The number of nitrogens with zero attached hydrogens (tertiary/aromatic N) is 4. The second-order valence-electron chi connectivity index (χ2n) is 13.3. The Bertz CT molecular complexity index is 1890. The van der Waals surface area contributed by atoms with Crippen LogP contribution in [-0.2, 0) is 40.4 Å². The molecule has 0 radical (unpaired) electrons.